The molecule has 0 bridgehead atoms. The zero-order valence-corrected chi connectivity index (χ0v) is 14.1. The molecule has 0 radical (unpaired) electrons. The molecule has 1 aromatic carbocycles. The van der Waals surface area contributed by atoms with E-state index in [2.05, 4.69) is 20.5 Å². The van der Waals surface area contributed by atoms with Gasteiger partial charge in [-0.15, -0.1) is 10.2 Å². The van der Waals surface area contributed by atoms with Crippen LogP contribution in [0.25, 0.3) is 5.78 Å². The lowest BCUT2D eigenvalue weighted by molar-refractivity contribution is -0.118. The van der Waals surface area contributed by atoms with Gasteiger partial charge in [0.2, 0.25) is 5.91 Å². The van der Waals surface area contributed by atoms with E-state index >= 15 is 0 Å². The Hall–Kier alpha value is -2.48. The molecule has 24 heavy (non-hydrogen) atoms. The maximum atomic E-state index is 13.5. The van der Waals surface area contributed by atoms with Crippen molar-refractivity contribution >= 4 is 23.4 Å². The largest absolute Gasteiger partial charge is 0.351 e. The maximum Gasteiger partial charge on any atom is 0.256 e. The smallest absolute Gasteiger partial charge is 0.256 e. The molecule has 0 aliphatic rings. The van der Waals surface area contributed by atoms with Gasteiger partial charge in [-0.05, 0) is 26.0 Å². The topological polar surface area (TPSA) is 72.2 Å². The van der Waals surface area contributed by atoms with E-state index in [0.29, 0.717) is 16.5 Å². The number of halogens is 1. The minimum absolute atomic E-state index is 0.159. The summed E-state index contributed by atoms with van der Waals surface area (Å²) in [7, 11) is 0. The van der Waals surface area contributed by atoms with Crippen LogP contribution in [-0.4, -0.2) is 31.2 Å². The molecule has 3 aromatic rings. The van der Waals surface area contributed by atoms with Gasteiger partial charge >= 0.3 is 0 Å². The number of rotatable bonds is 5. The molecule has 1 N–H and O–H groups in total. The van der Waals surface area contributed by atoms with E-state index < -0.39 is 0 Å². The molecule has 0 atom stereocenters. The number of nitrogens with zero attached hydrogens (tertiary/aromatic N) is 4. The van der Waals surface area contributed by atoms with E-state index in [0.717, 1.165) is 11.4 Å². The van der Waals surface area contributed by atoms with E-state index in [1.807, 2.05) is 24.3 Å². The number of hydrogen-bond donors (Lipinski definition) is 1. The van der Waals surface area contributed by atoms with Gasteiger partial charge in [-0.25, -0.2) is 9.37 Å². The standard InChI is InChI=1S/C16H16FN5OS/c1-10-7-11(2)22-15(19-10)20-21-16(22)24-9-14(23)18-8-12-5-3-4-6-13(12)17/h3-7H,8-9H2,1-2H3,(H,18,23). The number of nitrogens with one attached hydrogen (secondary N) is 1. The first-order valence-electron chi connectivity index (χ1n) is 7.37. The first kappa shape index (κ1) is 16.4. The summed E-state index contributed by atoms with van der Waals surface area (Å²) in [6.45, 7) is 3.99. The fourth-order valence-electron chi connectivity index (χ4n) is 2.31. The number of thioether (sulfide) groups is 1. The molecule has 2 aromatic heterocycles. The fourth-order valence-corrected chi connectivity index (χ4v) is 3.13. The van der Waals surface area contributed by atoms with Crippen molar-refractivity contribution in [1.29, 1.82) is 0 Å². The van der Waals surface area contributed by atoms with Crippen LogP contribution in [0.15, 0.2) is 35.5 Å². The number of amides is 1. The van der Waals surface area contributed by atoms with Gasteiger partial charge in [0.05, 0.1) is 5.75 Å². The molecule has 0 fully saturated rings. The van der Waals surface area contributed by atoms with E-state index in [4.69, 9.17) is 0 Å². The maximum absolute atomic E-state index is 13.5. The van der Waals surface area contributed by atoms with Gasteiger partial charge in [-0.2, -0.15) is 0 Å². The van der Waals surface area contributed by atoms with Crippen LogP contribution in [0, 0.1) is 19.7 Å². The highest BCUT2D eigenvalue weighted by molar-refractivity contribution is 7.99. The number of hydrogen-bond acceptors (Lipinski definition) is 5. The van der Waals surface area contributed by atoms with Crippen molar-refractivity contribution in [3.8, 4) is 0 Å². The van der Waals surface area contributed by atoms with Crippen molar-refractivity contribution in [2.75, 3.05) is 5.75 Å². The predicted octanol–water partition coefficient (Wildman–Crippen LogP) is 2.29. The lowest BCUT2D eigenvalue weighted by Crippen LogP contribution is -2.25. The first-order valence-corrected chi connectivity index (χ1v) is 8.35. The third-order valence-corrected chi connectivity index (χ3v) is 4.36. The summed E-state index contributed by atoms with van der Waals surface area (Å²) >= 11 is 1.27. The molecule has 1 amide bonds. The van der Waals surface area contributed by atoms with Crippen molar-refractivity contribution in [3.63, 3.8) is 0 Å². The van der Waals surface area contributed by atoms with Crippen molar-refractivity contribution in [3.05, 3.63) is 53.1 Å². The number of aromatic nitrogens is 4. The van der Waals surface area contributed by atoms with Gasteiger partial charge in [-0.1, -0.05) is 30.0 Å². The molecule has 0 spiro atoms. The number of fused-ring (bicyclic) bond motifs is 1. The molecule has 0 saturated carbocycles. The lowest BCUT2D eigenvalue weighted by Gasteiger charge is -2.06. The van der Waals surface area contributed by atoms with Gasteiger partial charge in [0.1, 0.15) is 5.82 Å². The molecule has 3 rings (SSSR count). The minimum Gasteiger partial charge on any atom is -0.351 e. The van der Waals surface area contributed by atoms with E-state index in [-0.39, 0.29) is 24.0 Å². The molecular weight excluding hydrogens is 329 g/mol. The number of aryl methyl sites for hydroxylation is 2. The van der Waals surface area contributed by atoms with Crippen molar-refractivity contribution < 1.29 is 9.18 Å². The van der Waals surface area contributed by atoms with Crippen LogP contribution in [0.1, 0.15) is 17.0 Å². The summed E-state index contributed by atoms with van der Waals surface area (Å²) in [5.41, 5.74) is 2.28. The highest BCUT2D eigenvalue weighted by Crippen LogP contribution is 2.18. The summed E-state index contributed by atoms with van der Waals surface area (Å²) in [6.07, 6.45) is 0. The molecule has 0 aliphatic carbocycles. The summed E-state index contributed by atoms with van der Waals surface area (Å²) < 4.78 is 15.3. The average Bonchev–Trinajstić information content (AvgIpc) is 2.95. The monoisotopic (exact) mass is 345 g/mol. The Morgan fingerprint density at radius 3 is 2.88 bits per heavy atom. The Morgan fingerprint density at radius 1 is 1.29 bits per heavy atom. The third-order valence-electron chi connectivity index (χ3n) is 3.43. The Kier molecular flexibility index (Phi) is 4.75. The second-order valence-corrected chi connectivity index (χ2v) is 6.26. The fraction of sp³-hybridized carbons (Fsp3) is 0.250. The zero-order chi connectivity index (χ0) is 17.1. The molecule has 0 aliphatic heterocycles. The molecule has 0 unspecified atom stereocenters. The van der Waals surface area contributed by atoms with E-state index in [1.54, 1.807) is 18.2 Å². The number of carbonyl (C=O) groups excluding carboxylic acids is 1. The van der Waals surface area contributed by atoms with Crippen LogP contribution in [0.5, 0.6) is 0 Å². The van der Waals surface area contributed by atoms with Crippen molar-refractivity contribution in [2.24, 2.45) is 0 Å². The zero-order valence-electron chi connectivity index (χ0n) is 13.3. The van der Waals surface area contributed by atoms with Crippen molar-refractivity contribution in [2.45, 2.75) is 25.5 Å². The summed E-state index contributed by atoms with van der Waals surface area (Å²) in [5, 5.41) is 11.4. The van der Waals surface area contributed by atoms with Gasteiger partial charge in [0.25, 0.3) is 5.78 Å². The SMILES string of the molecule is Cc1cc(C)n2c(SCC(=O)NCc3ccccc3F)nnc2n1. The van der Waals surface area contributed by atoms with Gasteiger partial charge in [0.15, 0.2) is 5.16 Å². The molecular formula is C16H16FN5OS. The molecule has 6 nitrogen and oxygen atoms in total. The third kappa shape index (κ3) is 3.53. The molecule has 2 heterocycles. The molecule has 8 heteroatoms. The Labute approximate surface area is 142 Å². The average molecular weight is 345 g/mol. The normalized spacial score (nSPS) is 11.0. The quantitative estimate of drug-likeness (QED) is 0.718. The summed E-state index contributed by atoms with van der Waals surface area (Å²) in [4.78, 5) is 16.3. The Morgan fingerprint density at radius 2 is 2.08 bits per heavy atom. The lowest BCUT2D eigenvalue weighted by atomic mass is 10.2. The number of carbonyl (C=O) groups is 1. The predicted molar refractivity (Wildman–Crippen MR) is 89.2 cm³/mol. The van der Waals surface area contributed by atoms with Crippen LogP contribution in [0.3, 0.4) is 0 Å². The van der Waals surface area contributed by atoms with Gasteiger partial charge in [-0.3, -0.25) is 9.20 Å². The van der Waals surface area contributed by atoms with Crippen LogP contribution < -0.4 is 5.32 Å². The minimum atomic E-state index is -0.328. The first-order chi connectivity index (χ1) is 11.5. The van der Waals surface area contributed by atoms with E-state index in [9.17, 15) is 9.18 Å². The molecule has 0 saturated heterocycles. The summed E-state index contributed by atoms with van der Waals surface area (Å²) in [5.74, 6) is 0.160. The highest BCUT2D eigenvalue weighted by atomic mass is 32.2. The second kappa shape index (κ2) is 6.96. The van der Waals surface area contributed by atoms with Gasteiger partial charge in [0, 0.05) is 23.5 Å². The van der Waals surface area contributed by atoms with Crippen LogP contribution >= 0.6 is 11.8 Å². The summed E-state index contributed by atoms with van der Waals surface area (Å²) in [6, 6.07) is 8.30. The Balaban J connectivity index is 1.62. The van der Waals surface area contributed by atoms with Crippen LogP contribution in [0.2, 0.25) is 0 Å². The highest BCUT2D eigenvalue weighted by Gasteiger charge is 2.12. The number of benzene rings is 1. The van der Waals surface area contributed by atoms with Crippen LogP contribution in [-0.2, 0) is 11.3 Å². The van der Waals surface area contributed by atoms with Crippen molar-refractivity contribution in [1.82, 2.24) is 24.9 Å². The van der Waals surface area contributed by atoms with Gasteiger partial charge < -0.3 is 5.32 Å². The second-order valence-electron chi connectivity index (χ2n) is 5.31. The van der Waals surface area contributed by atoms with E-state index in [1.165, 1.54) is 17.8 Å². The van der Waals surface area contributed by atoms with Crippen LogP contribution in [0.4, 0.5) is 4.39 Å². The molecule has 124 valence electrons. The Bertz CT molecular complexity index is 895.